The molecule has 5 atom stereocenters. The summed E-state index contributed by atoms with van der Waals surface area (Å²) in [6.45, 7) is 11.2. The van der Waals surface area contributed by atoms with E-state index in [2.05, 4.69) is 43.9 Å². The monoisotopic (exact) mass is 1140 g/mol. The van der Waals surface area contributed by atoms with Gasteiger partial charge in [0.2, 0.25) is 11.6 Å². The second kappa shape index (κ2) is 23.2. The molecule has 8 N–H and O–H groups in total. The lowest BCUT2D eigenvalue weighted by atomic mass is 9.81. The number of aliphatic hydroxyl groups excluding tert-OH is 2. The molecule has 1 fully saturated rings. The molecule has 0 saturated carbocycles. The van der Waals surface area contributed by atoms with Crippen LogP contribution >= 0.6 is 15.6 Å². The number of rotatable bonds is 25. The Labute approximate surface area is 440 Å². The Morgan fingerprint density at radius 1 is 0.895 bits per heavy atom. The predicted octanol–water partition coefficient (Wildman–Crippen LogP) is 4.81. The van der Waals surface area contributed by atoms with Crippen LogP contribution in [0, 0.1) is 0 Å². The zero-order chi connectivity index (χ0) is 55.6. The van der Waals surface area contributed by atoms with E-state index in [1.165, 1.54) is 41.5 Å². The number of carbonyl (C=O) groups excluding carboxylic acids is 1. The number of hydrogen-bond acceptors (Lipinski definition) is 18. The van der Waals surface area contributed by atoms with Crippen LogP contribution in [-0.2, 0) is 58.6 Å². The maximum absolute atomic E-state index is 12.8. The van der Waals surface area contributed by atoms with Gasteiger partial charge in [-0.1, -0.05) is 32.8 Å². The van der Waals surface area contributed by atoms with Crippen LogP contribution in [0.3, 0.4) is 0 Å². The summed E-state index contributed by atoms with van der Waals surface area (Å²) < 4.78 is 110. The first-order valence-electron chi connectivity index (χ1n) is 24.5. The number of aromatic nitrogens is 4. The second-order valence-electron chi connectivity index (χ2n) is 19.7. The summed E-state index contributed by atoms with van der Waals surface area (Å²) in [6, 6.07) is 9.01. The van der Waals surface area contributed by atoms with Crippen molar-refractivity contribution in [3.8, 4) is 0 Å². The minimum Gasteiger partial charge on any atom is -0.744 e. The molecule has 0 aliphatic carbocycles. The first-order chi connectivity index (χ1) is 35.5. The van der Waals surface area contributed by atoms with E-state index >= 15 is 0 Å². The van der Waals surface area contributed by atoms with Gasteiger partial charge < -0.3 is 49.7 Å². The molecule has 4 aromatic rings. The fraction of sp³-hybridized carbons (Fsp3) is 0.511. The summed E-state index contributed by atoms with van der Waals surface area (Å²) in [4.78, 5) is 54.4. The SMILES string of the molecule is CCN1C(=CC=CC2=[N+](CCCCCC(=O)NCCCCCCNc3ncnc4c3ncn4[C@@H]3O[C@H](COP(=O)(O)OP(=O)(O)O)[C@@H](O)[C@H]3O)c3ccc(S(=O)(=O)O)cc3C2(C)C)C(C)(C)c2cc(S(=O)(=O)[O-])ccc21. The lowest BCUT2D eigenvalue weighted by Gasteiger charge is -2.25. The zero-order valence-electron chi connectivity index (χ0n) is 42.4. The van der Waals surface area contributed by atoms with Gasteiger partial charge in [0, 0.05) is 67.0 Å². The number of anilines is 2. The number of aliphatic hydroxyl groups is 2. The van der Waals surface area contributed by atoms with Crippen molar-refractivity contribution >= 4 is 75.9 Å². The molecule has 0 spiro atoms. The smallest absolute Gasteiger partial charge is 0.481 e. The van der Waals surface area contributed by atoms with Crippen molar-refractivity contribution in [1.29, 1.82) is 0 Å². The van der Waals surface area contributed by atoms with E-state index in [0.29, 0.717) is 50.4 Å². The third kappa shape index (κ3) is 13.4. The molecule has 0 radical (unpaired) electrons. The normalized spacial score (nSPS) is 21.7. The number of nitrogens with one attached hydrogen (secondary N) is 2. The molecule has 2 aromatic carbocycles. The number of phosphoric acid groups is 2. The summed E-state index contributed by atoms with van der Waals surface area (Å²) in [5.41, 5.74) is 4.09. The second-order valence-corrected chi connectivity index (χ2v) is 25.3. The van der Waals surface area contributed by atoms with E-state index < -0.39 is 77.9 Å². The number of likely N-dealkylation sites (N-methyl/N-ethyl adjacent to an activating group) is 1. The van der Waals surface area contributed by atoms with Gasteiger partial charge in [0.05, 0.1) is 28.1 Å². The average Bonchev–Trinajstić information content (AvgIpc) is 4.02. The van der Waals surface area contributed by atoms with Crippen molar-refractivity contribution in [1.82, 2.24) is 24.8 Å². The van der Waals surface area contributed by atoms with Crippen LogP contribution in [0.4, 0.5) is 17.2 Å². The van der Waals surface area contributed by atoms with Gasteiger partial charge in [0.1, 0.15) is 41.3 Å². The molecule has 416 valence electrons. The van der Waals surface area contributed by atoms with E-state index in [1.807, 2.05) is 52.8 Å². The number of imidazole rings is 1. The van der Waals surface area contributed by atoms with Crippen molar-refractivity contribution in [2.75, 3.05) is 43.0 Å². The fourth-order valence-corrected chi connectivity index (χ4v) is 12.5. The van der Waals surface area contributed by atoms with Crippen molar-refractivity contribution in [3.63, 3.8) is 0 Å². The highest BCUT2D eigenvalue weighted by atomic mass is 32.2. The molecule has 1 amide bonds. The van der Waals surface area contributed by atoms with Gasteiger partial charge in [0.15, 0.2) is 28.9 Å². The number of benzene rings is 2. The minimum atomic E-state index is -5.38. The van der Waals surface area contributed by atoms with E-state index in [9.17, 15) is 55.0 Å². The molecular weight excluding hydrogens is 1070 g/mol. The van der Waals surface area contributed by atoms with Gasteiger partial charge in [-0.3, -0.25) is 18.4 Å². The number of unbranched alkanes of at least 4 members (excludes halogenated alkanes) is 5. The first-order valence-corrected chi connectivity index (χ1v) is 30.4. The molecule has 0 bridgehead atoms. The van der Waals surface area contributed by atoms with E-state index in [1.54, 1.807) is 12.1 Å². The highest BCUT2D eigenvalue weighted by molar-refractivity contribution is 7.86. The number of allylic oxidation sites excluding steroid dienone is 4. The largest absolute Gasteiger partial charge is 0.744 e. The molecule has 29 heteroatoms. The van der Waals surface area contributed by atoms with Crippen LogP contribution in [0.2, 0.25) is 0 Å². The van der Waals surface area contributed by atoms with Gasteiger partial charge in [-0.25, -0.2) is 32.5 Å². The Balaban J connectivity index is 0.865. The predicted molar refractivity (Wildman–Crippen MR) is 275 cm³/mol. The summed E-state index contributed by atoms with van der Waals surface area (Å²) in [6.07, 6.45) is 8.22. The van der Waals surface area contributed by atoms with E-state index in [0.717, 1.165) is 72.4 Å². The summed E-state index contributed by atoms with van der Waals surface area (Å²) in [5.74, 6) is 0.345. The molecule has 1 unspecified atom stereocenters. The number of nitrogens with zero attached hydrogens (tertiary/aromatic N) is 6. The van der Waals surface area contributed by atoms with Crippen LogP contribution in [-0.4, -0.2) is 138 Å². The lowest BCUT2D eigenvalue weighted by molar-refractivity contribution is -0.438. The Morgan fingerprint density at radius 2 is 1.58 bits per heavy atom. The summed E-state index contributed by atoms with van der Waals surface area (Å²) in [7, 11) is -19.8. The van der Waals surface area contributed by atoms with Crippen molar-refractivity contribution in [2.45, 2.75) is 131 Å². The molecule has 2 aromatic heterocycles. The molecule has 76 heavy (non-hydrogen) atoms. The van der Waals surface area contributed by atoms with Crippen LogP contribution < -0.4 is 15.5 Å². The number of amides is 1. The topological polar surface area (TPSA) is 366 Å². The molecule has 3 aliphatic rings. The summed E-state index contributed by atoms with van der Waals surface area (Å²) in [5, 5.41) is 27.4. The molecular formula is C47H64N8O17P2S2. The van der Waals surface area contributed by atoms with Crippen LogP contribution in [0.25, 0.3) is 11.2 Å². The lowest BCUT2D eigenvalue weighted by Crippen LogP contribution is -2.33. The van der Waals surface area contributed by atoms with Gasteiger partial charge in [-0.2, -0.15) is 17.3 Å². The van der Waals surface area contributed by atoms with Crippen molar-refractivity contribution in [3.05, 3.63) is 84.1 Å². The number of carbonyl (C=O) groups is 1. The highest BCUT2D eigenvalue weighted by Crippen LogP contribution is 2.58. The minimum absolute atomic E-state index is 0.0517. The third-order valence-corrected chi connectivity index (χ3v) is 17.6. The summed E-state index contributed by atoms with van der Waals surface area (Å²) >= 11 is 0. The average molecular weight is 1140 g/mol. The molecule has 25 nitrogen and oxygen atoms in total. The maximum Gasteiger partial charge on any atom is 0.481 e. The molecule has 3 aliphatic heterocycles. The van der Waals surface area contributed by atoms with Gasteiger partial charge >= 0.3 is 15.6 Å². The van der Waals surface area contributed by atoms with Crippen molar-refractivity contribution in [2.24, 2.45) is 0 Å². The fourth-order valence-electron chi connectivity index (χ4n) is 9.89. The molecule has 7 rings (SSSR count). The number of ether oxygens (including phenoxy) is 1. The zero-order valence-corrected chi connectivity index (χ0v) is 45.8. The standard InChI is InChI=1S/C47H64N8O17P2S2/c1-6-53-34-20-18-30(75(64,65)66)25-32(34)46(2,3)37(53)15-14-16-38-47(4,5)33-26-31(76(67,68)69)19-21-35(33)54(38)24-13-9-10-17-39(56)48-22-11-7-8-12-23-49-43-40-44(51-28-50-43)55(29-52-40)45-42(58)41(57)36(71-45)27-70-74(62,63)72-73(59,60)61/h14-16,18-21,25-26,28-29,36,41-42,45,57-58H,6-13,17,22-24,27H2,1-5H3,(H6-,48,49,50,51,56,59,60,61,62,63,64,65,66,67,68,69)/t36-,41-,42-,45-/m1/s1. The van der Waals surface area contributed by atoms with Gasteiger partial charge in [-0.15, -0.1) is 0 Å². The quantitative estimate of drug-likeness (QED) is 0.0191. The van der Waals surface area contributed by atoms with Gasteiger partial charge in [0.25, 0.3) is 10.1 Å². The number of phosphoric ester groups is 1. The number of hydrogen-bond donors (Lipinski definition) is 8. The van der Waals surface area contributed by atoms with Gasteiger partial charge in [-0.05, 0) is 88.4 Å². The maximum atomic E-state index is 12.8. The Kier molecular flexibility index (Phi) is 18.0. The van der Waals surface area contributed by atoms with Crippen LogP contribution in [0.1, 0.15) is 103 Å². The highest BCUT2D eigenvalue weighted by Gasteiger charge is 2.47. The Hall–Kier alpha value is -4.83. The first kappa shape index (κ1) is 58.8. The van der Waals surface area contributed by atoms with Crippen LogP contribution in [0.15, 0.2) is 82.8 Å². The Morgan fingerprint density at radius 3 is 2.26 bits per heavy atom. The molecule has 1 saturated heterocycles. The third-order valence-electron chi connectivity index (χ3n) is 13.7. The molecule has 5 heterocycles. The Bertz CT molecular complexity index is 3250. The van der Waals surface area contributed by atoms with Crippen molar-refractivity contribution < 1.29 is 82.9 Å². The van der Waals surface area contributed by atoms with E-state index in [4.69, 9.17) is 14.5 Å². The van der Waals surface area contributed by atoms with Crippen LogP contribution in [0.5, 0.6) is 0 Å². The van der Waals surface area contributed by atoms with E-state index in [-0.39, 0.29) is 21.3 Å². The number of fused-ring (bicyclic) bond motifs is 3.